The average molecular weight is 439 g/mol. The Hall–Kier alpha value is -3.38. The second-order valence-corrected chi connectivity index (χ2v) is 7.71. The molecule has 4 rings (SSSR count). The maximum absolute atomic E-state index is 14.1. The molecule has 0 spiro atoms. The number of carbonyl (C=O) groups is 2. The molecule has 0 aliphatic carbocycles. The molecule has 3 aromatic carbocycles. The van der Waals surface area contributed by atoms with Gasteiger partial charge in [0.25, 0.3) is 11.8 Å². The molecule has 1 aliphatic rings. The number of hydrogen-bond donors (Lipinski definition) is 1. The van der Waals surface area contributed by atoms with E-state index in [9.17, 15) is 14.0 Å². The van der Waals surface area contributed by atoms with Gasteiger partial charge in [0.1, 0.15) is 11.6 Å². The second-order valence-electron chi connectivity index (χ2n) is 7.30. The number of amides is 2. The minimum absolute atomic E-state index is 0.120. The Bertz CT molecular complexity index is 1150. The molecular formula is C24H20ClFN2O3. The predicted octanol–water partition coefficient (Wildman–Crippen LogP) is 5.04. The molecule has 0 fully saturated rings. The van der Waals surface area contributed by atoms with Crippen molar-refractivity contribution in [2.75, 3.05) is 5.32 Å². The molecule has 2 amide bonds. The first kappa shape index (κ1) is 20.9. The fourth-order valence-corrected chi connectivity index (χ4v) is 3.71. The zero-order chi connectivity index (χ0) is 22.0. The van der Waals surface area contributed by atoms with Gasteiger partial charge in [-0.3, -0.25) is 9.59 Å². The Kier molecular flexibility index (Phi) is 5.91. The molecule has 1 atom stereocenters. The molecule has 0 radical (unpaired) electrons. The van der Waals surface area contributed by atoms with Gasteiger partial charge in [0.05, 0.1) is 10.6 Å². The van der Waals surface area contributed by atoms with Gasteiger partial charge in [-0.1, -0.05) is 41.9 Å². The third kappa shape index (κ3) is 4.54. The summed E-state index contributed by atoms with van der Waals surface area (Å²) >= 11 is 6.11. The van der Waals surface area contributed by atoms with Crippen molar-refractivity contribution in [3.63, 3.8) is 0 Å². The van der Waals surface area contributed by atoms with E-state index in [0.717, 1.165) is 0 Å². The summed E-state index contributed by atoms with van der Waals surface area (Å²) in [7, 11) is 0. The van der Waals surface area contributed by atoms with Crippen molar-refractivity contribution in [3.05, 3.63) is 94.3 Å². The number of nitrogens with zero attached hydrogens (tertiary/aromatic N) is 1. The lowest BCUT2D eigenvalue weighted by Gasteiger charge is -2.22. The van der Waals surface area contributed by atoms with Crippen molar-refractivity contribution in [1.29, 1.82) is 0 Å². The van der Waals surface area contributed by atoms with Crippen LogP contribution in [0.2, 0.25) is 5.02 Å². The fraction of sp³-hybridized carbons (Fsp3) is 0.167. The monoisotopic (exact) mass is 438 g/mol. The molecule has 0 aromatic heterocycles. The Morgan fingerprint density at radius 1 is 1.16 bits per heavy atom. The van der Waals surface area contributed by atoms with E-state index in [1.165, 1.54) is 6.07 Å². The van der Waals surface area contributed by atoms with E-state index >= 15 is 0 Å². The van der Waals surface area contributed by atoms with Crippen LogP contribution in [0.25, 0.3) is 0 Å². The molecule has 1 aliphatic heterocycles. The highest BCUT2D eigenvalue weighted by atomic mass is 35.5. The van der Waals surface area contributed by atoms with Gasteiger partial charge in [0.15, 0.2) is 6.10 Å². The van der Waals surface area contributed by atoms with E-state index in [1.807, 2.05) is 0 Å². The maximum atomic E-state index is 14.1. The number of carbonyl (C=O) groups excluding carboxylic acids is 2. The third-order valence-corrected chi connectivity index (χ3v) is 5.41. The van der Waals surface area contributed by atoms with E-state index < -0.39 is 6.10 Å². The maximum Gasteiger partial charge on any atom is 0.263 e. The SMILES string of the molecule is C[C@H]1Oc2ccc(NC(=O)c3ccccc3Cl)cc2CN(Cc2ccccc2F)C1=O. The van der Waals surface area contributed by atoms with Crippen molar-refractivity contribution in [1.82, 2.24) is 4.90 Å². The highest BCUT2D eigenvalue weighted by Gasteiger charge is 2.28. The summed E-state index contributed by atoms with van der Waals surface area (Å²) in [6.07, 6.45) is -0.711. The van der Waals surface area contributed by atoms with Crippen molar-refractivity contribution >= 4 is 29.1 Å². The Morgan fingerprint density at radius 3 is 2.68 bits per heavy atom. The predicted molar refractivity (Wildman–Crippen MR) is 117 cm³/mol. The standard InChI is InChI=1S/C24H20ClFN2O3/c1-15-24(30)28(13-16-6-2-5-9-21(16)26)14-17-12-18(10-11-22(17)31-15)27-23(29)19-7-3-4-8-20(19)25/h2-12,15H,13-14H2,1H3,(H,27,29)/t15-/m1/s1. The van der Waals surface area contributed by atoms with E-state index in [2.05, 4.69) is 5.32 Å². The molecule has 5 nitrogen and oxygen atoms in total. The normalized spacial score (nSPS) is 15.6. The van der Waals surface area contributed by atoms with Crippen LogP contribution in [0.3, 0.4) is 0 Å². The highest BCUT2D eigenvalue weighted by molar-refractivity contribution is 6.34. The van der Waals surface area contributed by atoms with Crippen LogP contribution in [0.1, 0.15) is 28.4 Å². The quantitative estimate of drug-likeness (QED) is 0.620. The summed E-state index contributed by atoms with van der Waals surface area (Å²) in [6.45, 7) is 2.01. The van der Waals surface area contributed by atoms with E-state index in [-0.39, 0.29) is 30.7 Å². The molecule has 0 bridgehead atoms. The zero-order valence-corrected chi connectivity index (χ0v) is 17.5. The smallest absolute Gasteiger partial charge is 0.263 e. The summed E-state index contributed by atoms with van der Waals surface area (Å²) in [6, 6.07) is 18.3. The van der Waals surface area contributed by atoms with Crippen molar-refractivity contribution < 1.29 is 18.7 Å². The van der Waals surface area contributed by atoms with Crippen molar-refractivity contribution in [3.8, 4) is 5.75 Å². The van der Waals surface area contributed by atoms with Gasteiger partial charge in [0.2, 0.25) is 0 Å². The summed E-state index contributed by atoms with van der Waals surface area (Å²) in [5, 5.41) is 3.18. The van der Waals surface area contributed by atoms with Crippen LogP contribution < -0.4 is 10.1 Å². The van der Waals surface area contributed by atoms with Crippen molar-refractivity contribution in [2.45, 2.75) is 26.1 Å². The molecule has 3 aromatic rings. The topological polar surface area (TPSA) is 58.6 Å². The molecule has 31 heavy (non-hydrogen) atoms. The fourth-order valence-electron chi connectivity index (χ4n) is 3.49. The molecular weight excluding hydrogens is 419 g/mol. The molecule has 0 unspecified atom stereocenters. The van der Waals surface area contributed by atoms with E-state index in [1.54, 1.807) is 72.5 Å². The minimum atomic E-state index is -0.711. The van der Waals surface area contributed by atoms with E-state index in [4.69, 9.17) is 16.3 Å². The summed E-state index contributed by atoms with van der Waals surface area (Å²) < 4.78 is 20.0. The van der Waals surface area contributed by atoms with Gasteiger partial charge < -0.3 is 15.0 Å². The lowest BCUT2D eigenvalue weighted by Crippen LogP contribution is -2.37. The first-order valence-electron chi connectivity index (χ1n) is 9.80. The number of anilines is 1. The first-order valence-corrected chi connectivity index (χ1v) is 10.2. The number of rotatable bonds is 4. The lowest BCUT2D eigenvalue weighted by atomic mass is 10.1. The van der Waals surface area contributed by atoms with Gasteiger partial charge in [-0.2, -0.15) is 0 Å². The molecule has 1 N–H and O–H groups in total. The van der Waals surface area contributed by atoms with E-state index in [0.29, 0.717) is 33.1 Å². The molecule has 0 saturated carbocycles. The first-order chi connectivity index (χ1) is 14.9. The Morgan fingerprint density at radius 2 is 1.90 bits per heavy atom. The summed E-state index contributed by atoms with van der Waals surface area (Å²) in [5.41, 5.74) is 2.04. The number of halogens is 2. The van der Waals surface area contributed by atoms with Gasteiger partial charge in [0, 0.05) is 29.9 Å². The van der Waals surface area contributed by atoms with Gasteiger partial charge in [-0.25, -0.2) is 4.39 Å². The minimum Gasteiger partial charge on any atom is -0.481 e. The number of nitrogens with one attached hydrogen (secondary N) is 1. The van der Waals surface area contributed by atoms with Crippen LogP contribution in [0.15, 0.2) is 66.7 Å². The van der Waals surface area contributed by atoms with Crippen LogP contribution in [0.5, 0.6) is 5.75 Å². The molecule has 158 valence electrons. The zero-order valence-electron chi connectivity index (χ0n) is 16.8. The number of fused-ring (bicyclic) bond motifs is 1. The molecule has 0 saturated heterocycles. The van der Waals surface area contributed by atoms with Crippen LogP contribution in [-0.4, -0.2) is 22.8 Å². The third-order valence-electron chi connectivity index (χ3n) is 5.08. The van der Waals surface area contributed by atoms with Crippen LogP contribution in [-0.2, 0) is 17.9 Å². The van der Waals surface area contributed by atoms with Crippen LogP contribution >= 0.6 is 11.6 Å². The van der Waals surface area contributed by atoms with Crippen LogP contribution in [0.4, 0.5) is 10.1 Å². The molecule has 1 heterocycles. The van der Waals surface area contributed by atoms with Crippen LogP contribution in [0, 0.1) is 5.82 Å². The summed E-state index contributed by atoms with van der Waals surface area (Å²) in [5.74, 6) is -0.393. The van der Waals surface area contributed by atoms with Crippen molar-refractivity contribution in [2.24, 2.45) is 0 Å². The largest absolute Gasteiger partial charge is 0.481 e. The van der Waals surface area contributed by atoms with Gasteiger partial charge >= 0.3 is 0 Å². The van der Waals surface area contributed by atoms with Gasteiger partial charge in [-0.05, 0) is 43.3 Å². The Labute approximate surface area is 184 Å². The number of ether oxygens (including phenoxy) is 1. The number of benzene rings is 3. The number of hydrogen-bond acceptors (Lipinski definition) is 3. The molecule has 7 heteroatoms. The lowest BCUT2D eigenvalue weighted by molar-refractivity contribution is -0.138. The van der Waals surface area contributed by atoms with Gasteiger partial charge in [-0.15, -0.1) is 0 Å². The second kappa shape index (κ2) is 8.78. The average Bonchev–Trinajstić information content (AvgIpc) is 2.86. The highest BCUT2D eigenvalue weighted by Crippen LogP contribution is 2.30. The summed E-state index contributed by atoms with van der Waals surface area (Å²) in [4.78, 5) is 26.9. The Balaban J connectivity index is 1.59.